The van der Waals surface area contributed by atoms with Crippen molar-refractivity contribution in [1.82, 2.24) is 15.8 Å². The lowest BCUT2D eigenvalue weighted by Gasteiger charge is -1.98. The van der Waals surface area contributed by atoms with Crippen LogP contribution in [0.15, 0.2) is 29.6 Å². The number of hydrogen-bond donors (Lipinski definition) is 3. The van der Waals surface area contributed by atoms with Gasteiger partial charge in [0.2, 0.25) is 5.11 Å². The summed E-state index contributed by atoms with van der Waals surface area (Å²) in [5.74, 6) is 5.01. The van der Waals surface area contributed by atoms with E-state index in [0.717, 1.165) is 5.56 Å². The summed E-state index contributed by atoms with van der Waals surface area (Å²) in [6.07, 6.45) is 4.97. The van der Waals surface area contributed by atoms with E-state index in [0.29, 0.717) is 0 Å². The molecule has 13 heavy (non-hydrogen) atoms. The quantitative estimate of drug-likeness (QED) is 0.263. The summed E-state index contributed by atoms with van der Waals surface area (Å²) >= 11 is 4.69. The molecule has 0 amide bonds. The number of thiocarbonyl (C=S) groups is 1. The Morgan fingerprint density at radius 1 is 1.69 bits per heavy atom. The highest BCUT2D eigenvalue weighted by Gasteiger charge is 1.86. The number of hydrazone groups is 1. The van der Waals surface area contributed by atoms with Crippen molar-refractivity contribution in [3.05, 3.63) is 30.1 Å². The monoisotopic (exact) mass is 195 g/mol. The Morgan fingerprint density at radius 2 is 2.54 bits per heavy atom. The molecule has 6 heteroatoms. The number of nitrogens with two attached hydrogens (primary N) is 1. The van der Waals surface area contributed by atoms with Crippen LogP contribution in [-0.2, 0) is 0 Å². The van der Waals surface area contributed by atoms with E-state index in [1.54, 1.807) is 18.6 Å². The predicted octanol–water partition coefficient (Wildman–Crippen LogP) is -0.247. The van der Waals surface area contributed by atoms with E-state index in [2.05, 4.69) is 20.9 Å². The minimum Gasteiger partial charge on any atom is -0.300 e. The zero-order valence-corrected chi connectivity index (χ0v) is 7.58. The number of nitrogens with one attached hydrogen (secondary N) is 2. The Kier molecular flexibility index (Phi) is 3.80. The number of rotatable bonds is 2. The molecular formula is C7H9N5S. The summed E-state index contributed by atoms with van der Waals surface area (Å²) in [5.41, 5.74) is 5.64. The fraction of sp³-hybridized carbons (Fsp3) is 0. The van der Waals surface area contributed by atoms with Gasteiger partial charge in [0.25, 0.3) is 0 Å². The van der Waals surface area contributed by atoms with Gasteiger partial charge in [-0.25, -0.2) is 5.84 Å². The Hall–Kier alpha value is -1.53. The molecule has 0 spiro atoms. The van der Waals surface area contributed by atoms with Gasteiger partial charge in [-0.05, 0) is 18.3 Å². The van der Waals surface area contributed by atoms with Gasteiger partial charge in [-0.1, -0.05) is 6.07 Å². The average Bonchev–Trinajstić information content (AvgIpc) is 2.19. The van der Waals surface area contributed by atoms with E-state index >= 15 is 0 Å². The first-order chi connectivity index (χ1) is 6.33. The Balaban J connectivity index is 2.45. The third kappa shape index (κ3) is 3.59. The highest BCUT2D eigenvalue weighted by atomic mass is 32.1. The van der Waals surface area contributed by atoms with E-state index < -0.39 is 0 Å². The van der Waals surface area contributed by atoms with Gasteiger partial charge in [0.1, 0.15) is 0 Å². The highest BCUT2D eigenvalue weighted by Crippen LogP contribution is 1.89. The molecule has 0 aliphatic heterocycles. The van der Waals surface area contributed by atoms with Crippen LogP contribution in [0, 0.1) is 0 Å². The van der Waals surface area contributed by atoms with Crippen LogP contribution in [0.5, 0.6) is 0 Å². The molecule has 0 aliphatic rings. The van der Waals surface area contributed by atoms with Crippen molar-refractivity contribution in [3.63, 3.8) is 0 Å². The zero-order valence-electron chi connectivity index (χ0n) is 6.77. The molecule has 1 aromatic heterocycles. The molecule has 5 nitrogen and oxygen atoms in total. The minimum absolute atomic E-state index is 0.264. The first kappa shape index (κ1) is 9.56. The van der Waals surface area contributed by atoms with Crippen LogP contribution in [0.1, 0.15) is 5.56 Å². The fourth-order valence-corrected chi connectivity index (χ4v) is 0.703. The van der Waals surface area contributed by atoms with Crippen LogP contribution in [-0.4, -0.2) is 16.3 Å². The van der Waals surface area contributed by atoms with Gasteiger partial charge in [-0.3, -0.25) is 15.8 Å². The number of aromatic nitrogens is 1. The van der Waals surface area contributed by atoms with Crippen molar-refractivity contribution < 1.29 is 0 Å². The van der Waals surface area contributed by atoms with Crippen LogP contribution in [0.3, 0.4) is 0 Å². The van der Waals surface area contributed by atoms with Crippen LogP contribution < -0.4 is 16.7 Å². The Bertz CT molecular complexity index is 297. The normalized spacial score (nSPS) is 9.92. The molecule has 0 radical (unpaired) electrons. The summed E-state index contributed by atoms with van der Waals surface area (Å²) in [5, 5.41) is 4.08. The van der Waals surface area contributed by atoms with Gasteiger partial charge in [0, 0.05) is 18.0 Å². The fourth-order valence-electron chi connectivity index (χ4n) is 0.650. The minimum atomic E-state index is 0.264. The molecule has 0 atom stereocenters. The molecule has 4 N–H and O–H groups in total. The van der Waals surface area contributed by atoms with Crippen molar-refractivity contribution in [2.24, 2.45) is 10.9 Å². The second-order valence-corrected chi connectivity index (χ2v) is 2.54. The molecule has 0 aromatic carbocycles. The van der Waals surface area contributed by atoms with Gasteiger partial charge in [-0.15, -0.1) is 0 Å². The van der Waals surface area contributed by atoms with Crippen molar-refractivity contribution in [2.75, 3.05) is 0 Å². The van der Waals surface area contributed by atoms with Crippen LogP contribution in [0.2, 0.25) is 0 Å². The molecule has 1 aromatic rings. The molecule has 0 saturated heterocycles. The third-order valence-corrected chi connectivity index (χ3v) is 1.40. The van der Waals surface area contributed by atoms with E-state index in [-0.39, 0.29) is 5.11 Å². The lowest BCUT2D eigenvalue weighted by atomic mass is 10.3. The highest BCUT2D eigenvalue weighted by molar-refractivity contribution is 7.80. The largest absolute Gasteiger partial charge is 0.300 e. The van der Waals surface area contributed by atoms with Gasteiger partial charge < -0.3 is 0 Å². The van der Waals surface area contributed by atoms with Crippen molar-refractivity contribution in [1.29, 1.82) is 0 Å². The van der Waals surface area contributed by atoms with Crippen LogP contribution >= 0.6 is 12.2 Å². The van der Waals surface area contributed by atoms with Crippen molar-refractivity contribution >= 4 is 23.5 Å². The molecular weight excluding hydrogens is 186 g/mol. The van der Waals surface area contributed by atoms with E-state index in [9.17, 15) is 0 Å². The lowest BCUT2D eigenvalue weighted by molar-refractivity contribution is 0.930. The second kappa shape index (κ2) is 5.18. The molecule has 0 bridgehead atoms. The zero-order chi connectivity index (χ0) is 9.52. The number of hydrogen-bond acceptors (Lipinski definition) is 4. The Morgan fingerprint density at radius 3 is 3.15 bits per heavy atom. The summed E-state index contributed by atoms with van der Waals surface area (Å²) in [7, 11) is 0. The van der Waals surface area contributed by atoms with Crippen molar-refractivity contribution in [2.45, 2.75) is 0 Å². The first-order valence-electron chi connectivity index (χ1n) is 3.52. The maximum Gasteiger partial charge on any atom is 0.201 e. The SMILES string of the molecule is NNC(=S)N/N=C/c1cccnc1. The third-order valence-electron chi connectivity index (χ3n) is 1.20. The maximum atomic E-state index is 5.01. The van der Waals surface area contributed by atoms with Gasteiger partial charge in [0.15, 0.2) is 0 Å². The van der Waals surface area contributed by atoms with Gasteiger partial charge in [-0.2, -0.15) is 5.10 Å². The van der Waals surface area contributed by atoms with Crippen LogP contribution in [0.4, 0.5) is 0 Å². The topological polar surface area (TPSA) is 75.3 Å². The molecule has 0 saturated carbocycles. The average molecular weight is 195 g/mol. The summed E-state index contributed by atoms with van der Waals surface area (Å²) in [6.45, 7) is 0. The standard InChI is InChI=1S/C7H9N5S/c8-11-7(13)12-10-5-6-2-1-3-9-4-6/h1-5H,8H2,(H2,11,12,13)/b10-5+. The molecule has 1 heterocycles. The van der Waals surface area contributed by atoms with Gasteiger partial charge in [0.05, 0.1) is 6.21 Å². The maximum absolute atomic E-state index is 5.01. The molecule has 68 valence electrons. The number of pyridine rings is 1. The summed E-state index contributed by atoms with van der Waals surface area (Å²) in [6, 6.07) is 3.69. The lowest BCUT2D eigenvalue weighted by Crippen LogP contribution is -2.37. The number of hydrazine groups is 1. The smallest absolute Gasteiger partial charge is 0.201 e. The molecule has 0 aliphatic carbocycles. The van der Waals surface area contributed by atoms with E-state index in [4.69, 9.17) is 18.1 Å². The van der Waals surface area contributed by atoms with Crippen molar-refractivity contribution in [3.8, 4) is 0 Å². The molecule has 0 fully saturated rings. The summed E-state index contributed by atoms with van der Waals surface area (Å²) < 4.78 is 0. The van der Waals surface area contributed by atoms with Crippen LogP contribution in [0.25, 0.3) is 0 Å². The van der Waals surface area contributed by atoms with E-state index in [1.807, 2.05) is 12.1 Å². The summed E-state index contributed by atoms with van der Waals surface area (Å²) in [4.78, 5) is 3.91. The van der Waals surface area contributed by atoms with Gasteiger partial charge >= 0.3 is 0 Å². The number of nitrogens with zero attached hydrogens (tertiary/aromatic N) is 2. The predicted molar refractivity (Wildman–Crippen MR) is 54.9 cm³/mol. The molecule has 1 rings (SSSR count). The van der Waals surface area contributed by atoms with E-state index in [1.165, 1.54) is 0 Å². The molecule has 0 unspecified atom stereocenters. The Labute approximate surface area is 81.0 Å². The first-order valence-corrected chi connectivity index (χ1v) is 3.93. The second-order valence-electron chi connectivity index (χ2n) is 2.13.